The van der Waals surface area contributed by atoms with Gasteiger partial charge in [0, 0.05) is 23.1 Å². The Morgan fingerprint density at radius 2 is 2.23 bits per heavy atom. The molecule has 0 saturated heterocycles. The van der Waals surface area contributed by atoms with Crippen molar-refractivity contribution in [1.29, 1.82) is 0 Å². The molecule has 0 aliphatic carbocycles. The molecule has 0 aliphatic rings. The van der Waals surface area contributed by atoms with Crippen molar-refractivity contribution in [3.8, 4) is 0 Å². The molecule has 0 unspecified atom stereocenters. The highest BCUT2D eigenvalue weighted by atomic mass is 32.1. The maximum absolute atomic E-state index is 11.9. The normalized spacial score (nSPS) is 13.1. The summed E-state index contributed by atoms with van der Waals surface area (Å²) in [5, 5.41) is 9.00. The van der Waals surface area contributed by atoms with Crippen molar-refractivity contribution >= 4 is 17.2 Å². The van der Waals surface area contributed by atoms with Crippen molar-refractivity contribution in [3.05, 3.63) is 34.1 Å². The second-order valence-electron chi connectivity index (χ2n) is 6.42. The van der Waals surface area contributed by atoms with Crippen LogP contribution in [-0.4, -0.2) is 16.0 Å². The molecule has 120 valence electrons. The highest BCUT2D eigenvalue weighted by Gasteiger charge is 2.20. The minimum atomic E-state index is -0.116. The first kappa shape index (κ1) is 16.7. The lowest BCUT2D eigenvalue weighted by atomic mass is 9.96. The molecule has 1 atom stereocenters. The number of carbonyl (C=O) groups is 1. The summed E-state index contributed by atoms with van der Waals surface area (Å²) in [5.74, 6) is 1.36. The topological polar surface area (TPSA) is 68.0 Å². The van der Waals surface area contributed by atoms with Crippen LogP contribution in [0.2, 0.25) is 0 Å². The molecule has 0 bridgehead atoms. The van der Waals surface area contributed by atoms with Crippen molar-refractivity contribution in [1.82, 2.24) is 15.5 Å². The molecule has 0 spiro atoms. The summed E-state index contributed by atoms with van der Waals surface area (Å²) in [6, 6.07) is 4.08. The van der Waals surface area contributed by atoms with Crippen molar-refractivity contribution in [2.75, 3.05) is 0 Å². The summed E-state index contributed by atoms with van der Waals surface area (Å²) < 4.78 is 5.22. The third-order valence-electron chi connectivity index (χ3n) is 3.28. The Balaban J connectivity index is 1.74. The van der Waals surface area contributed by atoms with Gasteiger partial charge in [-0.15, -0.1) is 11.3 Å². The van der Waals surface area contributed by atoms with E-state index in [0.29, 0.717) is 31.0 Å². The molecule has 1 N–H and O–H groups in total. The summed E-state index contributed by atoms with van der Waals surface area (Å²) >= 11 is 1.65. The summed E-state index contributed by atoms with van der Waals surface area (Å²) in [6.07, 6.45) is 1.79. The summed E-state index contributed by atoms with van der Waals surface area (Å²) in [7, 11) is 0. The van der Waals surface area contributed by atoms with Gasteiger partial charge in [0.05, 0.1) is 6.04 Å². The van der Waals surface area contributed by atoms with E-state index in [9.17, 15) is 4.79 Å². The van der Waals surface area contributed by atoms with Gasteiger partial charge >= 0.3 is 0 Å². The van der Waals surface area contributed by atoms with Crippen LogP contribution < -0.4 is 5.32 Å². The Bertz CT molecular complexity index is 599. The van der Waals surface area contributed by atoms with Gasteiger partial charge in [-0.1, -0.05) is 32.0 Å². The van der Waals surface area contributed by atoms with E-state index in [-0.39, 0.29) is 17.4 Å². The number of carbonyl (C=O) groups excluding carboxylic acids is 1. The third-order valence-corrected chi connectivity index (χ3v) is 4.34. The van der Waals surface area contributed by atoms with Gasteiger partial charge in [0.1, 0.15) is 0 Å². The molecule has 22 heavy (non-hydrogen) atoms. The molecule has 0 radical (unpaired) electrons. The van der Waals surface area contributed by atoms with Crippen molar-refractivity contribution in [2.45, 2.75) is 58.4 Å². The van der Waals surface area contributed by atoms with Crippen LogP contribution in [0.5, 0.6) is 0 Å². The average molecular weight is 321 g/mol. The fourth-order valence-electron chi connectivity index (χ4n) is 1.98. The molecular weight excluding hydrogens is 298 g/mol. The molecule has 2 rings (SSSR count). The summed E-state index contributed by atoms with van der Waals surface area (Å²) in [5.41, 5.74) is -0.116. The van der Waals surface area contributed by atoms with E-state index in [4.69, 9.17) is 4.52 Å². The van der Waals surface area contributed by atoms with Gasteiger partial charge in [0.25, 0.3) is 0 Å². The van der Waals surface area contributed by atoms with Crippen LogP contribution in [0.25, 0.3) is 0 Å². The van der Waals surface area contributed by atoms with Crippen LogP contribution in [0.1, 0.15) is 63.2 Å². The van der Waals surface area contributed by atoms with Crippen LogP contribution in [0.3, 0.4) is 0 Å². The lowest BCUT2D eigenvalue weighted by molar-refractivity contribution is -0.121. The fourth-order valence-corrected chi connectivity index (χ4v) is 2.72. The Morgan fingerprint density at radius 1 is 1.45 bits per heavy atom. The molecule has 2 aromatic rings. The molecule has 0 aromatic carbocycles. The molecule has 5 nitrogen and oxygen atoms in total. The third kappa shape index (κ3) is 4.66. The van der Waals surface area contributed by atoms with Gasteiger partial charge in [-0.05, 0) is 24.8 Å². The number of aromatic nitrogens is 2. The van der Waals surface area contributed by atoms with Gasteiger partial charge < -0.3 is 9.84 Å². The minimum Gasteiger partial charge on any atom is -0.349 e. The van der Waals surface area contributed by atoms with Crippen LogP contribution in [-0.2, 0) is 16.6 Å². The molecule has 2 heterocycles. The number of amides is 1. The molecule has 1 amide bonds. The first-order valence-electron chi connectivity index (χ1n) is 7.52. The number of nitrogens with one attached hydrogen (secondary N) is 1. The van der Waals surface area contributed by atoms with Gasteiger partial charge in [-0.25, -0.2) is 0 Å². The van der Waals surface area contributed by atoms with Crippen LogP contribution in [0.15, 0.2) is 22.0 Å². The second kappa shape index (κ2) is 7.05. The fraction of sp³-hybridized carbons (Fsp3) is 0.562. The molecule has 0 fully saturated rings. The SMILES string of the molecule is C[C@H](NC(=O)CCCc1nc(C(C)(C)C)no1)c1cccs1. The zero-order valence-electron chi connectivity index (χ0n) is 13.5. The van der Waals surface area contributed by atoms with Crippen LogP contribution in [0, 0.1) is 0 Å². The van der Waals surface area contributed by atoms with Crippen LogP contribution >= 0.6 is 11.3 Å². The van der Waals surface area contributed by atoms with E-state index in [0.717, 1.165) is 0 Å². The molecule has 0 saturated carbocycles. The van der Waals surface area contributed by atoms with E-state index in [1.54, 1.807) is 11.3 Å². The Hall–Kier alpha value is -1.69. The Kier molecular flexibility index (Phi) is 5.34. The predicted molar refractivity (Wildman–Crippen MR) is 86.8 cm³/mol. The van der Waals surface area contributed by atoms with Gasteiger partial charge in [0.2, 0.25) is 11.8 Å². The minimum absolute atomic E-state index is 0.0523. The predicted octanol–water partition coefficient (Wildman–Crippen LogP) is 3.63. The highest BCUT2D eigenvalue weighted by molar-refractivity contribution is 7.10. The van der Waals surface area contributed by atoms with Crippen molar-refractivity contribution in [3.63, 3.8) is 0 Å². The standard InChI is InChI=1S/C16H23N3O2S/c1-11(12-7-6-10-22-12)17-13(20)8-5-9-14-18-15(19-21-14)16(2,3)4/h6-7,10-11H,5,8-9H2,1-4H3,(H,17,20)/t11-/m0/s1. The molecule has 0 aliphatic heterocycles. The maximum atomic E-state index is 11.9. The maximum Gasteiger partial charge on any atom is 0.226 e. The van der Waals surface area contributed by atoms with E-state index in [1.165, 1.54) is 4.88 Å². The number of hydrogen-bond donors (Lipinski definition) is 1. The van der Waals surface area contributed by atoms with Gasteiger partial charge in [-0.2, -0.15) is 4.98 Å². The lowest BCUT2D eigenvalue weighted by Crippen LogP contribution is -2.25. The first-order chi connectivity index (χ1) is 10.4. The zero-order chi connectivity index (χ0) is 16.2. The number of thiophene rings is 1. The van der Waals surface area contributed by atoms with E-state index < -0.39 is 0 Å². The number of nitrogens with zero attached hydrogens (tertiary/aromatic N) is 2. The van der Waals surface area contributed by atoms with E-state index in [1.807, 2.05) is 45.2 Å². The number of hydrogen-bond acceptors (Lipinski definition) is 5. The van der Waals surface area contributed by atoms with Gasteiger partial charge in [0.15, 0.2) is 5.82 Å². The Morgan fingerprint density at radius 3 is 2.82 bits per heavy atom. The van der Waals surface area contributed by atoms with E-state index >= 15 is 0 Å². The van der Waals surface area contributed by atoms with Crippen molar-refractivity contribution in [2.24, 2.45) is 0 Å². The van der Waals surface area contributed by atoms with E-state index in [2.05, 4.69) is 15.5 Å². The lowest BCUT2D eigenvalue weighted by Gasteiger charge is -2.11. The largest absolute Gasteiger partial charge is 0.349 e. The second-order valence-corrected chi connectivity index (χ2v) is 7.40. The molecule has 6 heteroatoms. The highest BCUT2D eigenvalue weighted by Crippen LogP contribution is 2.20. The average Bonchev–Trinajstić information content (AvgIpc) is 3.09. The Labute approximate surface area is 135 Å². The zero-order valence-corrected chi connectivity index (χ0v) is 14.4. The van der Waals surface area contributed by atoms with Gasteiger partial charge in [-0.3, -0.25) is 4.79 Å². The van der Waals surface area contributed by atoms with Crippen LogP contribution in [0.4, 0.5) is 0 Å². The molecular formula is C16H23N3O2S. The van der Waals surface area contributed by atoms with Crippen molar-refractivity contribution < 1.29 is 9.32 Å². The molecule has 2 aromatic heterocycles. The number of aryl methyl sites for hydroxylation is 1. The summed E-state index contributed by atoms with van der Waals surface area (Å²) in [4.78, 5) is 17.5. The smallest absolute Gasteiger partial charge is 0.226 e. The summed E-state index contributed by atoms with van der Waals surface area (Å²) in [6.45, 7) is 8.13. The monoisotopic (exact) mass is 321 g/mol. The first-order valence-corrected chi connectivity index (χ1v) is 8.40. The number of rotatable bonds is 6. The quantitative estimate of drug-likeness (QED) is 0.882.